The molecule has 2 rings (SSSR count). The highest BCUT2D eigenvalue weighted by molar-refractivity contribution is 5.37. The lowest BCUT2D eigenvalue weighted by atomic mass is 9.94. The third-order valence-corrected chi connectivity index (χ3v) is 3.93. The van der Waals surface area contributed by atoms with Crippen LogP contribution in [0.5, 0.6) is 0 Å². The molecule has 0 bridgehead atoms. The lowest BCUT2D eigenvalue weighted by Gasteiger charge is -2.14. The molecular formula is C19H24O. The van der Waals surface area contributed by atoms with Crippen molar-refractivity contribution in [2.24, 2.45) is 0 Å². The Hall–Kier alpha value is -1.60. The second kappa shape index (κ2) is 6.71. The van der Waals surface area contributed by atoms with Crippen LogP contribution >= 0.6 is 0 Å². The van der Waals surface area contributed by atoms with Gasteiger partial charge in [0.05, 0.1) is 6.10 Å². The summed E-state index contributed by atoms with van der Waals surface area (Å²) in [5.41, 5.74) is 6.53. The molecule has 0 aliphatic carbocycles. The van der Waals surface area contributed by atoms with Gasteiger partial charge in [0.15, 0.2) is 0 Å². The minimum atomic E-state index is -0.345. The first-order valence-corrected chi connectivity index (χ1v) is 7.37. The highest BCUT2D eigenvalue weighted by atomic mass is 16.3. The maximum Gasteiger partial charge on any atom is 0.0790 e. The van der Waals surface area contributed by atoms with Crippen LogP contribution in [0.3, 0.4) is 0 Å². The first-order chi connectivity index (χ1) is 9.58. The molecule has 0 saturated carbocycles. The Morgan fingerprint density at radius 1 is 0.950 bits per heavy atom. The van der Waals surface area contributed by atoms with E-state index in [4.69, 9.17) is 0 Å². The molecule has 2 aromatic carbocycles. The summed E-state index contributed by atoms with van der Waals surface area (Å²) in [6.45, 7) is 6.51. The van der Waals surface area contributed by atoms with E-state index in [2.05, 4.69) is 32.9 Å². The van der Waals surface area contributed by atoms with E-state index < -0.39 is 0 Å². The fraction of sp³-hybridized carbons (Fsp3) is 0.368. The zero-order valence-electron chi connectivity index (χ0n) is 12.7. The molecule has 0 radical (unpaired) electrons. The van der Waals surface area contributed by atoms with Gasteiger partial charge in [0, 0.05) is 0 Å². The van der Waals surface area contributed by atoms with E-state index in [-0.39, 0.29) is 6.10 Å². The minimum Gasteiger partial charge on any atom is -0.388 e. The molecule has 0 aliphatic rings. The van der Waals surface area contributed by atoms with E-state index in [0.717, 1.165) is 24.8 Å². The van der Waals surface area contributed by atoms with Gasteiger partial charge >= 0.3 is 0 Å². The Labute approximate surface area is 122 Å². The molecule has 0 aromatic heterocycles. The van der Waals surface area contributed by atoms with Gasteiger partial charge in [-0.2, -0.15) is 0 Å². The van der Waals surface area contributed by atoms with Crippen LogP contribution in [0.15, 0.2) is 42.5 Å². The molecule has 20 heavy (non-hydrogen) atoms. The van der Waals surface area contributed by atoms with Crippen molar-refractivity contribution in [3.63, 3.8) is 0 Å². The molecule has 2 aromatic rings. The maximum absolute atomic E-state index is 10.2. The van der Waals surface area contributed by atoms with E-state index >= 15 is 0 Å². The monoisotopic (exact) mass is 268 g/mol. The van der Waals surface area contributed by atoms with Crippen molar-refractivity contribution in [3.8, 4) is 0 Å². The van der Waals surface area contributed by atoms with Crippen molar-refractivity contribution < 1.29 is 5.11 Å². The van der Waals surface area contributed by atoms with Gasteiger partial charge in [-0.3, -0.25) is 0 Å². The van der Waals surface area contributed by atoms with Crippen LogP contribution in [-0.4, -0.2) is 5.11 Å². The van der Waals surface area contributed by atoms with Crippen LogP contribution < -0.4 is 0 Å². The molecule has 1 unspecified atom stereocenters. The predicted octanol–water partition coefficient (Wildman–Crippen LogP) is 4.67. The van der Waals surface area contributed by atoms with Crippen molar-refractivity contribution in [3.05, 3.63) is 70.3 Å². The second-order valence-corrected chi connectivity index (χ2v) is 5.70. The molecule has 1 atom stereocenters. The summed E-state index contributed by atoms with van der Waals surface area (Å²) in [7, 11) is 0. The van der Waals surface area contributed by atoms with Gasteiger partial charge in [-0.15, -0.1) is 0 Å². The van der Waals surface area contributed by atoms with Crippen molar-refractivity contribution in [1.82, 2.24) is 0 Å². The maximum atomic E-state index is 10.2. The Morgan fingerprint density at radius 3 is 2.15 bits per heavy atom. The average Bonchev–Trinajstić information content (AvgIpc) is 2.42. The average molecular weight is 268 g/mol. The molecule has 1 N–H and O–H groups in total. The van der Waals surface area contributed by atoms with Crippen LogP contribution in [0.2, 0.25) is 0 Å². The fourth-order valence-corrected chi connectivity index (χ4v) is 2.92. The molecule has 0 spiro atoms. The van der Waals surface area contributed by atoms with E-state index in [9.17, 15) is 5.11 Å². The van der Waals surface area contributed by atoms with Gasteiger partial charge in [0.25, 0.3) is 0 Å². The molecule has 0 amide bonds. The fourth-order valence-electron chi connectivity index (χ4n) is 2.92. The van der Waals surface area contributed by atoms with E-state index in [1.165, 1.54) is 22.3 Å². The van der Waals surface area contributed by atoms with Crippen LogP contribution in [-0.2, 0) is 6.42 Å². The molecular weight excluding hydrogens is 244 g/mol. The SMILES string of the molecule is Cc1cc(C)c(CCCC(O)c2ccccc2)c(C)c1. The summed E-state index contributed by atoms with van der Waals surface area (Å²) >= 11 is 0. The van der Waals surface area contributed by atoms with Gasteiger partial charge in [-0.25, -0.2) is 0 Å². The molecule has 1 nitrogen and oxygen atoms in total. The van der Waals surface area contributed by atoms with Gasteiger partial charge in [0.2, 0.25) is 0 Å². The quantitative estimate of drug-likeness (QED) is 0.835. The van der Waals surface area contributed by atoms with Crippen LogP contribution in [0.4, 0.5) is 0 Å². The number of hydrogen-bond acceptors (Lipinski definition) is 1. The molecule has 0 aliphatic heterocycles. The highest BCUT2D eigenvalue weighted by Gasteiger charge is 2.08. The van der Waals surface area contributed by atoms with E-state index in [1.54, 1.807) is 0 Å². The second-order valence-electron chi connectivity index (χ2n) is 5.70. The Bertz CT molecular complexity index is 534. The number of rotatable bonds is 5. The molecule has 0 heterocycles. The van der Waals surface area contributed by atoms with E-state index in [0.29, 0.717) is 0 Å². The molecule has 0 saturated heterocycles. The smallest absolute Gasteiger partial charge is 0.0790 e. The lowest BCUT2D eigenvalue weighted by Crippen LogP contribution is -2.00. The van der Waals surface area contributed by atoms with Gasteiger partial charge in [0.1, 0.15) is 0 Å². The minimum absolute atomic E-state index is 0.345. The van der Waals surface area contributed by atoms with Crippen molar-refractivity contribution in [2.45, 2.75) is 46.1 Å². The Balaban J connectivity index is 1.94. The van der Waals surface area contributed by atoms with Crippen LogP contribution in [0, 0.1) is 20.8 Å². The zero-order chi connectivity index (χ0) is 14.5. The highest BCUT2D eigenvalue weighted by Crippen LogP contribution is 2.22. The summed E-state index contributed by atoms with van der Waals surface area (Å²) in [5, 5.41) is 10.2. The number of aryl methyl sites for hydroxylation is 3. The number of hydrogen-bond donors (Lipinski definition) is 1. The zero-order valence-corrected chi connectivity index (χ0v) is 12.7. The predicted molar refractivity (Wildman–Crippen MR) is 85.0 cm³/mol. The summed E-state index contributed by atoms with van der Waals surface area (Å²) in [5.74, 6) is 0. The van der Waals surface area contributed by atoms with E-state index in [1.807, 2.05) is 30.3 Å². The van der Waals surface area contributed by atoms with Gasteiger partial charge in [-0.1, -0.05) is 48.0 Å². The first kappa shape index (κ1) is 14.8. The van der Waals surface area contributed by atoms with Crippen LogP contribution in [0.1, 0.15) is 46.8 Å². The lowest BCUT2D eigenvalue weighted by molar-refractivity contribution is 0.164. The number of aliphatic hydroxyl groups is 1. The third-order valence-electron chi connectivity index (χ3n) is 3.93. The summed E-state index contributed by atoms with van der Waals surface area (Å²) in [4.78, 5) is 0. The molecule has 0 fully saturated rings. The van der Waals surface area contributed by atoms with Crippen molar-refractivity contribution >= 4 is 0 Å². The largest absolute Gasteiger partial charge is 0.388 e. The van der Waals surface area contributed by atoms with Crippen molar-refractivity contribution in [2.75, 3.05) is 0 Å². The Morgan fingerprint density at radius 2 is 1.55 bits per heavy atom. The standard InChI is InChI=1S/C19H24O/c1-14-12-15(2)18(16(3)13-14)10-7-11-19(20)17-8-5-4-6-9-17/h4-6,8-9,12-13,19-20H,7,10-11H2,1-3H3. The van der Waals surface area contributed by atoms with Gasteiger partial charge in [-0.05, 0) is 62.3 Å². The topological polar surface area (TPSA) is 20.2 Å². The molecule has 106 valence electrons. The van der Waals surface area contributed by atoms with Crippen molar-refractivity contribution in [1.29, 1.82) is 0 Å². The summed E-state index contributed by atoms with van der Waals surface area (Å²) in [6.07, 6.45) is 2.53. The number of aliphatic hydroxyl groups excluding tert-OH is 1. The summed E-state index contributed by atoms with van der Waals surface area (Å²) < 4.78 is 0. The Kier molecular flexibility index (Phi) is 4.97. The third kappa shape index (κ3) is 3.71. The van der Waals surface area contributed by atoms with Gasteiger partial charge < -0.3 is 5.11 Å². The number of benzene rings is 2. The van der Waals surface area contributed by atoms with Crippen LogP contribution in [0.25, 0.3) is 0 Å². The normalized spacial score (nSPS) is 12.4. The summed E-state index contributed by atoms with van der Waals surface area (Å²) in [6, 6.07) is 14.4. The first-order valence-electron chi connectivity index (χ1n) is 7.37. The molecule has 1 heteroatoms.